The summed E-state index contributed by atoms with van der Waals surface area (Å²) in [7, 11) is 0. The maximum atomic E-state index is 11.7. The Morgan fingerprint density at radius 1 is 1.27 bits per heavy atom. The zero-order chi connectivity index (χ0) is 11.3. The average molecular weight is 210 g/mol. The predicted octanol–water partition coefficient (Wildman–Crippen LogP) is 1.36. The number of hydrogen-bond acceptors (Lipinski definition) is 2. The Labute approximate surface area is 92.7 Å². The van der Waals surface area contributed by atoms with Crippen LogP contribution in [0.5, 0.6) is 0 Å². The summed E-state index contributed by atoms with van der Waals surface area (Å²) in [6.07, 6.45) is 4.24. The highest BCUT2D eigenvalue weighted by molar-refractivity contribution is 5.78. The minimum absolute atomic E-state index is 0.132. The summed E-state index contributed by atoms with van der Waals surface area (Å²) in [6.45, 7) is 10.8. The molecule has 0 aliphatic carbocycles. The number of rotatable bonds is 3. The van der Waals surface area contributed by atoms with E-state index in [-0.39, 0.29) is 5.92 Å². The maximum absolute atomic E-state index is 11.7. The molecule has 1 rings (SSSR count). The van der Waals surface area contributed by atoms with E-state index in [9.17, 15) is 4.79 Å². The van der Waals surface area contributed by atoms with E-state index in [1.165, 1.54) is 0 Å². The minimum Gasteiger partial charge on any atom is -0.340 e. The van der Waals surface area contributed by atoms with E-state index >= 15 is 0 Å². The van der Waals surface area contributed by atoms with Gasteiger partial charge in [0.05, 0.1) is 0 Å². The summed E-state index contributed by atoms with van der Waals surface area (Å²) >= 11 is 0. The zero-order valence-corrected chi connectivity index (χ0v) is 10.1. The van der Waals surface area contributed by atoms with E-state index in [2.05, 4.69) is 17.1 Å². The van der Waals surface area contributed by atoms with Crippen LogP contribution in [0.25, 0.3) is 0 Å². The van der Waals surface area contributed by atoms with Crippen LogP contribution in [-0.4, -0.2) is 48.4 Å². The highest BCUT2D eigenvalue weighted by Crippen LogP contribution is 2.06. The second kappa shape index (κ2) is 5.91. The number of nitrogens with zero attached hydrogens (tertiary/aromatic N) is 2. The van der Waals surface area contributed by atoms with Crippen molar-refractivity contribution in [2.24, 2.45) is 5.92 Å². The largest absolute Gasteiger partial charge is 0.340 e. The van der Waals surface area contributed by atoms with Crippen molar-refractivity contribution in [1.29, 1.82) is 0 Å². The Balaban J connectivity index is 2.32. The van der Waals surface area contributed by atoms with Gasteiger partial charge in [-0.2, -0.15) is 0 Å². The smallest absolute Gasteiger partial charge is 0.225 e. The van der Waals surface area contributed by atoms with Crippen LogP contribution in [0.2, 0.25) is 0 Å². The SMILES string of the molecule is CC=CCN1CCN(C(=O)C(C)C)CC1. The van der Waals surface area contributed by atoms with Gasteiger partial charge < -0.3 is 4.90 Å². The highest BCUT2D eigenvalue weighted by Gasteiger charge is 2.21. The van der Waals surface area contributed by atoms with Crippen molar-refractivity contribution in [2.75, 3.05) is 32.7 Å². The molecule has 1 amide bonds. The Morgan fingerprint density at radius 2 is 1.87 bits per heavy atom. The highest BCUT2D eigenvalue weighted by atomic mass is 16.2. The minimum atomic E-state index is 0.132. The third-order valence-corrected chi connectivity index (χ3v) is 2.78. The van der Waals surface area contributed by atoms with E-state index in [0.717, 1.165) is 32.7 Å². The predicted molar refractivity (Wildman–Crippen MR) is 62.7 cm³/mol. The van der Waals surface area contributed by atoms with Gasteiger partial charge in [0.15, 0.2) is 0 Å². The fourth-order valence-corrected chi connectivity index (χ4v) is 1.77. The second-order valence-corrected chi connectivity index (χ2v) is 4.35. The molecule has 0 spiro atoms. The molecule has 0 aromatic rings. The van der Waals surface area contributed by atoms with Gasteiger partial charge in [0.1, 0.15) is 0 Å². The lowest BCUT2D eigenvalue weighted by Gasteiger charge is -2.35. The Bertz CT molecular complexity index is 228. The van der Waals surface area contributed by atoms with Crippen molar-refractivity contribution in [3.05, 3.63) is 12.2 Å². The number of allylic oxidation sites excluding steroid dienone is 1. The van der Waals surface area contributed by atoms with Crippen molar-refractivity contribution < 1.29 is 4.79 Å². The molecular weight excluding hydrogens is 188 g/mol. The topological polar surface area (TPSA) is 23.6 Å². The van der Waals surface area contributed by atoms with E-state index in [4.69, 9.17) is 0 Å². The summed E-state index contributed by atoms with van der Waals surface area (Å²) in [5.74, 6) is 0.424. The van der Waals surface area contributed by atoms with Crippen LogP contribution in [-0.2, 0) is 4.79 Å². The molecule has 3 nitrogen and oxygen atoms in total. The first-order valence-electron chi connectivity index (χ1n) is 5.77. The van der Waals surface area contributed by atoms with Crippen molar-refractivity contribution in [2.45, 2.75) is 20.8 Å². The third kappa shape index (κ3) is 3.67. The van der Waals surface area contributed by atoms with Crippen LogP contribution >= 0.6 is 0 Å². The first-order chi connectivity index (χ1) is 7.15. The molecule has 15 heavy (non-hydrogen) atoms. The van der Waals surface area contributed by atoms with Crippen molar-refractivity contribution in [3.63, 3.8) is 0 Å². The van der Waals surface area contributed by atoms with E-state index < -0.39 is 0 Å². The van der Waals surface area contributed by atoms with E-state index in [0.29, 0.717) is 5.91 Å². The first kappa shape index (κ1) is 12.2. The monoisotopic (exact) mass is 210 g/mol. The van der Waals surface area contributed by atoms with Gasteiger partial charge in [0.25, 0.3) is 0 Å². The van der Waals surface area contributed by atoms with Gasteiger partial charge in [-0.25, -0.2) is 0 Å². The number of amides is 1. The molecule has 1 fully saturated rings. The Morgan fingerprint density at radius 3 is 2.33 bits per heavy atom. The normalized spacial score (nSPS) is 19.1. The fraction of sp³-hybridized carbons (Fsp3) is 0.750. The number of piperazine rings is 1. The Kier molecular flexibility index (Phi) is 4.82. The molecular formula is C12H22N2O. The molecule has 0 atom stereocenters. The van der Waals surface area contributed by atoms with E-state index in [1.807, 2.05) is 25.7 Å². The van der Waals surface area contributed by atoms with Crippen LogP contribution in [0.3, 0.4) is 0 Å². The molecule has 1 aliphatic rings. The lowest BCUT2D eigenvalue weighted by Crippen LogP contribution is -2.49. The summed E-state index contributed by atoms with van der Waals surface area (Å²) in [6, 6.07) is 0. The van der Waals surface area contributed by atoms with Crippen LogP contribution in [0.15, 0.2) is 12.2 Å². The molecule has 1 aliphatic heterocycles. The quantitative estimate of drug-likeness (QED) is 0.657. The van der Waals surface area contributed by atoms with Gasteiger partial charge in [-0.05, 0) is 6.92 Å². The van der Waals surface area contributed by atoms with E-state index in [1.54, 1.807) is 0 Å². The molecule has 0 aromatic carbocycles. The van der Waals surface area contributed by atoms with Crippen LogP contribution in [0.1, 0.15) is 20.8 Å². The number of carbonyl (C=O) groups excluding carboxylic acids is 1. The molecule has 1 saturated heterocycles. The maximum Gasteiger partial charge on any atom is 0.225 e. The molecule has 0 radical (unpaired) electrons. The zero-order valence-electron chi connectivity index (χ0n) is 10.1. The molecule has 1 heterocycles. The van der Waals surface area contributed by atoms with Gasteiger partial charge >= 0.3 is 0 Å². The molecule has 86 valence electrons. The molecule has 0 N–H and O–H groups in total. The summed E-state index contributed by atoms with van der Waals surface area (Å²) in [4.78, 5) is 16.1. The van der Waals surface area contributed by atoms with Gasteiger partial charge in [-0.3, -0.25) is 9.69 Å². The van der Waals surface area contributed by atoms with Crippen molar-refractivity contribution in [3.8, 4) is 0 Å². The fourth-order valence-electron chi connectivity index (χ4n) is 1.77. The molecule has 0 unspecified atom stereocenters. The number of carbonyl (C=O) groups is 1. The van der Waals surface area contributed by atoms with Gasteiger partial charge in [0, 0.05) is 38.6 Å². The van der Waals surface area contributed by atoms with Crippen LogP contribution < -0.4 is 0 Å². The summed E-state index contributed by atoms with van der Waals surface area (Å²) in [5, 5.41) is 0. The summed E-state index contributed by atoms with van der Waals surface area (Å²) in [5.41, 5.74) is 0. The van der Waals surface area contributed by atoms with Crippen LogP contribution in [0.4, 0.5) is 0 Å². The summed E-state index contributed by atoms with van der Waals surface area (Å²) < 4.78 is 0. The molecule has 0 saturated carbocycles. The molecule has 3 heteroatoms. The van der Waals surface area contributed by atoms with Gasteiger partial charge in [-0.1, -0.05) is 26.0 Å². The molecule has 0 bridgehead atoms. The second-order valence-electron chi connectivity index (χ2n) is 4.35. The lowest BCUT2D eigenvalue weighted by molar-refractivity contribution is -0.136. The Hall–Kier alpha value is -0.830. The van der Waals surface area contributed by atoms with Gasteiger partial charge in [0.2, 0.25) is 5.91 Å². The number of hydrogen-bond donors (Lipinski definition) is 0. The van der Waals surface area contributed by atoms with Gasteiger partial charge in [-0.15, -0.1) is 0 Å². The lowest BCUT2D eigenvalue weighted by atomic mass is 10.1. The van der Waals surface area contributed by atoms with Crippen molar-refractivity contribution in [1.82, 2.24) is 9.80 Å². The van der Waals surface area contributed by atoms with Crippen LogP contribution in [0, 0.1) is 5.92 Å². The average Bonchev–Trinajstić information content (AvgIpc) is 2.26. The standard InChI is InChI=1S/C12H22N2O/c1-4-5-6-13-7-9-14(10-8-13)12(15)11(2)3/h4-5,11H,6-10H2,1-3H3. The molecule has 0 aromatic heterocycles. The third-order valence-electron chi connectivity index (χ3n) is 2.78. The van der Waals surface area contributed by atoms with Crippen molar-refractivity contribution >= 4 is 5.91 Å². The first-order valence-corrected chi connectivity index (χ1v) is 5.77.